The highest BCUT2D eigenvalue weighted by atomic mass is 35.5. The molecule has 24 heavy (non-hydrogen) atoms. The molecule has 0 aliphatic carbocycles. The Hall–Kier alpha value is -1.59. The van der Waals surface area contributed by atoms with Crippen molar-refractivity contribution in [2.45, 2.75) is 25.8 Å². The van der Waals surface area contributed by atoms with Crippen molar-refractivity contribution in [3.05, 3.63) is 64.1 Å². The van der Waals surface area contributed by atoms with Gasteiger partial charge in [0.2, 0.25) is 5.91 Å². The van der Waals surface area contributed by atoms with Crippen molar-refractivity contribution in [1.82, 2.24) is 5.43 Å². The molecule has 0 fully saturated rings. The third-order valence-corrected chi connectivity index (χ3v) is 3.80. The molecule has 0 atom stereocenters. The minimum atomic E-state index is -0.453. The van der Waals surface area contributed by atoms with E-state index in [1.807, 2.05) is 26.0 Å². The Labute approximate surface area is 152 Å². The number of halogens is 2. The molecule has 0 saturated carbocycles. The molecule has 3 N–H and O–H groups in total. The molecule has 1 amide bonds. The number of carbonyl (C=O) groups is 1. The Kier molecular flexibility index (Phi) is 6.24. The Morgan fingerprint density at radius 2 is 1.54 bits per heavy atom. The Morgan fingerprint density at radius 3 is 2.04 bits per heavy atom. The van der Waals surface area contributed by atoms with E-state index >= 15 is 0 Å². The summed E-state index contributed by atoms with van der Waals surface area (Å²) in [4.78, 5) is 12.8. The lowest BCUT2D eigenvalue weighted by molar-refractivity contribution is -0.118. The van der Waals surface area contributed by atoms with Crippen molar-refractivity contribution in [1.29, 1.82) is 0 Å². The Morgan fingerprint density at radius 1 is 1.04 bits per heavy atom. The number of rotatable bonds is 6. The van der Waals surface area contributed by atoms with Crippen LogP contribution in [0.5, 0.6) is 0 Å². The van der Waals surface area contributed by atoms with Crippen LogP contribution in [0.2, 0.25) is 10.0 Å². The molecule has 2 aromatic rings. The van der Waals surface area contributed by atoms with Crippen molar-refractivity contribution in [3.8, 4) is 0 Å². The lowest BCUT2D eigenvalue weighted by Gasteiger charge is -2.28. The first-order valence-corrected chi connectivity index (χ1v) is 8.35. The highest BCUT2D eigenvalue weighted by Crippen LogP contribution is 2.18. The summed E-state index contributed by atoms with van der Waals surface area (Å²) in [7, 11) is 0. The van der Waals surface area contributed by atoms with Gasteiger partial charge in [-0.1, -0.05) is 35.3 Å². The average molecular weight is 366 g/mol. The van der Waals surface area contributed by atoms with Gasteiger partial charge in [0.15, 0.2) is 0 Å². The summed E-state index contributed by atoms with van der Waals surface area (Å²) >= 11 is 11.8. The first-order chi connectivity index (χ1) is 11.2. The van der Waals surface area contributed by atoms with Crippen LogP contribution in [0.25, 0.3) is 0 Å². The molecule has 0 saturated heterocycles. The summed E-state index contributed by atoms with van der Waals surface area (Å²) in [6, 6.07) is 14.3. The number of nitrogens with zero attached hydrogens (tertiary/aromatic N) is 1. The highest BCUT2D eigenvalue weighted by molar-refractivity contribution is 6.30. The Balaban J connectivity index is 2.18. The maximum absolute atomic E-state index is 12.8. The molecular formula is C18H21Cl2N3O. The van der Waals surface area contributed by atoms with Gasteiger partial charge in [-0.3, -0.25) is 4.79 Å². The predicted molar refractivity (Wildman–Crippen MR) is 100 cm³/mol. The fourth-order valence-corrected chi connectivity index (χ4v) is 2.30. The van der Waals surface area contributed by atoms with Crippen LogP contribution < -0.4 is 16.2 Å². The zero-order valence-electron chi connectivity index (χ0n) is 13.7. The number of nitrogens with one attached hydrogen (secondary N) is 1. The van der Waals surface area contributed by atoms with Gasteiger partial charge >= 0.3 is 0 Å². The molecular weight excluding hydrogens is 345 g/mol. The number of benzene rings is 2. The molecule has 2 rings (SSSR count). The SMILES string of the molecule is CC(C)(N)CNN(C(=O)Cc1ccc(Cl)cc1)c1ccc(Cl)cc1. The van der Waals surface area contributed by atoms with Crippen molar-refractivity contribution < 1.29 is 4.79 Å². The molecule has 0 aliphatic heterocycles. The third kappa shape index (κ3) is 5.80. The van der Waals surface area contributed by atoms with Gasteiger partial charge < -0.3 is 5.73 Å². The minimum Gasteiger partial charge on any atom is -0.324 e. The van der Waals surface area contributed by atoms with E-state index in [4.69, 9.17) is 28.9 Å². The van der Waals surface area contributed by atoms with E-state index in [0.717, 1.165) is 5.56 Å². The zero-order chi connectivity index (χ0) is 17.7. The number of hydrogen-bond acceptors (Lipinski definition) is 3. The molecule has 6 heteroatoms. The summed E-state index contributed by atoms with van der Waals surface area (Å²) in [5, 5.41) is 2.77. The van der Waals surface area contributed by atoms with E-state index in [1.165, 1.54) is 5.01 Å². The van der Waals surface area contributed by atoms with Gasteiger partial charge in [-0.2, -0.15) is 0 Å². The summed E-state index contributed by atoms with van der Waals surface area (Å²) in [6.07, 6.45) is 0.248. The van der Waals surface area contributed by atoms with Crippen LogP contribution in [0.3, 0.4) is 0 Å². The quantitative estimate of drug-likeness (QED) is 0.765. The lowest BCUT2D eigenvalue weighted by atomic mass is 10.1. The van der Waals surface area contributed by atoms with Gasteiger partial charge in [0, 0.05) is 22.1 Å². The predicted octanol–water partition coefficient (Wildman–Crippen LogP) is 3.81. The van der Waals surface area contributed by atoms with Crippen LogP contribution in [-0.2, 0) is 11.2 Å². The number of carbonyl (C=O) groups excluding carboxylic acids is 1. The van der Waals surface area contributed by atoms with Crippen LogP contribution in [0.1, 0.15) is 19.4 Å². The molecule has 0 unspecified atom stereocenters. The minimum absolute atomic E-state index is 0.0936. The van der Waals surface area contributed by atoms with Crippen molar-refractivity contribution in [2.24, 2.45) is 5.73 Å². The second-order valence-corrected chi connectivity index (χ2v) is 7.21. The largest absolute Gasteiger partial charge is 0.324 e. The molecule has 0 heterocycles. The fourth-order valence-electron chi connectivity index (χ4n) is 2.05. The van der Waals surface area contributed by atoms with E-state index in [1.54, 1.807) is 36.4 Å². The third-order valence-electron chi connectivity index (χ3n) is 3.30. The molecule has 0 bridgehead atoms. The normalized spacial score (nSPS) is 11.4. The van der Waals surface area contributed by atoms with Gasteiger partial charge in [-0.15, -0.1) is 0 Å². The topological polar surface area (TPSA) is 58.4 Å². The number of hydrazine groups is 1. The zero-order valence-corrected chi connectivity index (χ0v) is 15.2. The number of nitrogens with two attached hydrogens (primary N) is 1. The van der Waals surface area contributed by atoms with Gasteiger partial charge in [0.1, 0.15) is 0 Å². The number of amides is 1. The van der Waals surface area contributed by atoms with Gasteiger partial charge in [-0.05, 0) is 55.8 Å². The average Bonchev–Trinajstić information content (AvgIpc) is 2.50. The maximum atomic E-state index is 12.8. The van der Waals surface area contributed by atoms with Crippen LogP contribution in [0.15, 0.2) is 48.5 Å². The monoisotopic (exact) mass is 365 g/mol. The van der Waals surface area contributed by atoms with E-state index in [9.17, 15) is 4.79 Å². The van der Waals surface area contributed by atoms with Crippen molar-refractivity contribution in [2.75, 3.05) is 11.6 Å². The summed E-state index contributed by atoms with van der Waals surface area (Å²) in [5.41, 5.74) is 10.3. The van der Waals surface area contributed by atoms with Crippen LogP contribution in [-0.4, -0.2) is 18.0 Å². The summed E-state index contributed by atoms with van der Waals surface area (Å²) < 4.78 is 0. The van der Waals surface area contributed by atoms with Crippen LogP contribution >= 0.6 is 23.2 Å². The number of anilines is 1. The molecule has 2 aromatic carbocycles. The first kappa shape index (κ1) is 18.7. The van der Waals surface area contributed by atoms with Crippen molar-refractivity contribution >= 4 is 34.8 Å². The van der Waals surface area contributed by atoms with Crippen LogP contribution in [0, 0.1) is 0 Å². The molecule has 0 aliphatic rings. The molecule has 4 nitrogen and oxygen atoms in total. The number of hydrogen-bond donors (Lipinski definition) is 2. The standard InChI is InChI=1S/C18H21Cl2N3O/c1-18(2,21)12-22-23(16-9-7-15(20)8-10-16)17(24)11-13-3-5-14(19)6-4-13/h3-10,22H,11-12,21H2,1-2H3. The van der Waals surface area contributed by atoms with E-state index in [0.29, 0.717) is 22.3 Å². The van der Waals surface area contributed by atoms with Gasteiger partial charge in [-0.25, -0.2) is 10.4 Å². The van der Waals surface area contributed by atoms with E-state index < -0.39 is 5.54 Å². The maximum Gasteiger partial charge on any atom is 0.245 e. The molecule has 0 spiro atoms. The highest BCUT2D eigenvalue weighted by Gasteiger charge is 2.19. The second-order valence-electron chi connectivity index (χ2n) is 6.33. The first-order valence-electron chi connectivity index (χ1n) is 7.60. The Bertz CT molecular complexity index is 679. The molecule has 0 radical (unpaired) electrons. The van der Waals surface area contributed by atoms with Gasteiger partial charge in [0.25, 0.3) is 0 Å². The second kappa shape index (κ2) is 7.99. The van der Waals surface area contributed by atoms with E-state index in [2.05, 4.69) is 5.43 Å². The summed E-state index contributed by atoms with van der Waals surface area (Å²) in [6.45, 7) is 4.23. The lowest BCUT2D eigenvalue weighted by Crippen LogP contribution is -2.52. The molecule has 0 aromatic heterocycles. The fraction of sp³-hybridized carbons (Fsp3) is 0.278. The van der Waals surface area contributed by atoms with Crippen LogP contribution in [0.4, 0.5) is 5.69 Å². The van der Waals surface area contributed by atoms with E-state index in [-0.39, 0.29) is 12.3 Å². The molecule has 128 valence electrons. The smallest absolute Gasteiger partial charge is 0.245 e. The van der Waals surface area contributed by atoms with Crippen molar-refractivity contribution in [3.63, 3.8) is 0 Å². The van der Waals surface area contributed by atoms with Gasteiger partial charge in [0.05, 0.1) is 12.1 Å². The summed E-state index contributed by atoms with van der Waals surface area (Å²) in [5.74, 6) is -0.0936.